The van der Waals surface area contributed by atoms with E-state index in [2.05, 4.69) is 12.1 Å². The van der Waals surface area contributed by atoms with E-state index in [0.29, 0.717) is 0 Å². The Morgan fingerprint density at radius 3 is 2.94 bits per heavy atom. The van der Waals surface area contributed by atoms with Gasteiger partial charge in [-0.1, -0.05) is 23.8 Å². The van der Waals surface area contributed by atoms with E-state index in [-0.39, 0.29) is 6.04 Å². The van der Waals surface area contributed by atoms with Crippen molar-refractivity contribution in [1.82, 2.24) is 0 Å². The quantitative estimate of drug-likeness (QED) is 0.804. The molecule has 0 amide bonds. The highest BCUT2D eigenvalue weighted by Gasteiger charge is 2.11. The van der Waals surface area contributed by atoms with Crippen molar-refractivity contribution in [3.63, 3.8) is 0 Å². The predicted molar refractivity (Wildman–Crippen MR) is 71.1 cm³/mol. The van der Waals surface area contributed by atoms with Gasteiger partial charge in [0.2, 0.25) is 0 Å². The maximum atomic E-state index is 6.25. The van der Waals surface area contributed by atoms with Gasteiger partial charge in [-0.25, -0.2) is 0 Å². The van der Waals surface area contributed by atoms with Gasteiger partial charge in [0.15, 0.2) is 0 Å². The van der Waals surface area contributed by atoms with Crippen molar-refractivity contribution in [3.8, 4) is 5.75 Å². The normalized spacial score (nSPS) is 17.4. The smallest absolute Gasteiger partial charge is 0.119 e. The van der Waals surface area contributed by atoms with Crippen LogP contribution >= 0.6 is 0 Å². The monoisotopic (exact) mass is 231 g/mol. The van der Waals surface area contributed by atoms with Crippen molar-refractivity contribution in [2.24, 2.45) is 5.73 Å². The second-order valence-electron chi connectivity index (χ2n) is 4.70. The molecule has 0 saturated carbocycles. The van der Waals surface area contributed by atoms with Gasteiger partial charge in [0.25, 0.3) is 0 Å². The highest BCUT2D eigenvalue weighted by molar-refractivity contribution is 5.31. The van der Waals surface area contributed by atoms with Gasteiger partial charge in [-0.05, 0) is 49.8 Å². The van der Waals surface area contributed by atoms with Gasteiger partial charge >= 0.3 is 0 Å². The molecule has 0 aliphatic heterocycles. The molecule has 1 aliphatic carbocycles. The van der Waals surface area contributed by atoms with Gasteiger partial charge in [-0.15, -0.1) is 0 Å². The van der Waals surface area contributed by atoms with E-state index >= 15 is 0 Å². The predicted octanol–water partition coefficient (Wildman–Crippen LogP) is 3.59. The first-order valence-electron chi connectivity index (χ1n) is 6.37. The average molecular weight is 231 g/mol. The third-order valence-corrected chi connectivity index (χ3v) is 3.39. The number of hydrogen-bond acceptors (Lipinski definition) is 2. The van der Waals surface area contributed by atoms with Crippen LogP contribution in [0.5, 0.6) is 5.75 Å². The Kier molecular flexibility index (Phi) is 4.21. The second-order valence-corrected chi connectivity index (χ2v) is 4.70. The van der Waals surface area contributed by atoms with Crippen LogP contribution in [0.4, 0.5) is 0 Å². The molecule has 0 heterocycles. The summed E-state index contributed by atoms with van der Waals surface area (Å²) < 4.78 is 5.22. The summed E-state index contributed by atoms with van der Waals surface area (Å²) >= 11 is 0. The van der Waals surface area contributed by atoms with Crippen molar-refractivity contribution in [3.05, 3.63) is 41.5 Å². The first kappa shape index (κ1) is 12.2. The van der Waals surface area contributed by atoms with Crippen molar-refractivity contribution in [2.45, 2.75) is 38.1 Å². The molecule has 0 radical (unpaired) electrons. The maximum Gasteiger partial charge on any atom is 0.119 e. The van der Waals surface area contributed by atoms with Crippen LogP contribution in [0.15, 0.2) is 35.9 Å². The summed E-state index contributed by atoms with van der Waals surface area (Å²) in [7, 11) is 1.69. The Labute approximate surface area is 103 Å². The van der Waals surface area contributed by atoms with Gasteiger partial charge in [0, 0.05) is 6.04 Å². The molecule has 0 spiro atoms. The summed E-state index contributed by atoms with van der Waals surface area (Å²) in [5, 5.41) is 0. The fourth-order valence-electron chi connectivity index (χ4n) is 2.36. The fourth-order valence-corrected chi connectivity index (χ4v) is 2.36. The average Bonchev–Trinajstić information content (AvgIpc) is 2.40. The lowest BCUT2D eigenvalue weighted by molar-refractivity contribution is 0.413. The summed E-state index contributed by atoms with van der Waals surface area (Å²) in [5.41, 5.74) is 8.94. The summed E-state index contributed by atoms with van der Waals surface area (Å²) in [4.78, 5) is 0. The van der Waals surface area contributed by atoms with Crippen molar-refractivity contribution in [1.29, 1.82) is 0 Å². The minimum atomic E-state index is 0.0921. The lowest BCUT2D eigenvalue weighted by atomic mass is 9.92. The molecule has 1 atom stereocenters. The fraction of sp³-hybridized carbons (Fsp3) is 0.467. The summed E-state index contributed by atoms with van der Waals surface area (Å²) in [6.45, 7) is 0. The minimum Gasteiger partial charge on any atom is -0.497 e. The number of rotatable bonds is 4. The summed E-state index contributed by atoms with van der Waals surface area (Å²) in [6.07, 6.45) is 8.43. The third-order valence-electron chi connectivity index (χ3n) is 3.39. The van der Waals surface area contributed by atoms with Crippen LogP contribution in [0.2, 0.25) is 0 Å². The van der Waals surface area contributed by atoms with Gasteiger partial charge in [-0.2, -0.15) is 0 Å². The molecule has 92 valence electrons. The lowest BCUT2D eigenvalue weighted by Crippen LogP contribution is -2.12. The molecule has 0 saturated heterocycles. The number of methoxy groups -OCH3 is 1. The Balaban J connectivity index is 2.03. The Bertz CT molecular complexity index is 398. The molecule has 0 bridgehead atoms. The first-order chi connectivity index (χ1) is 8.29. The van der Waals surface area contributed by atoms with Crippen LogP contribution in [-0.4, -0.2) is 7.11 Å². The first-order valence-corrected chi connectivity index (χ1v) is 6.37. The van der Waals surface area contributed by atoms with Crippen molar-refractivity contribution >= 4 is 0 Å². The molecule has 2 heteroatoms. The molecule has 0 aromatic heterocycles. The van der Waals surface area contributed by atoms with Crippen molar-refractivity contribution < 1.29 is 4.74 Å². The topological polar surface area (TPSA) is 35.2 Å². The number of nitrogens with two attached hydrogens (primary N) is 1. The highest BCUT2D eigenvalue weighted by atomic mass is 16.5. The molecule has 1 unspecified atom stereocenters. The van der Waals surface area contributed by atoms with E-state index < -0.39 is 0 Å². The summed E-state index contributed by atoms with van der Waals surface area (Å²) in [6, 6.07) is 8.17. The van der Waals surface area contributed by atoms with Gasteiger partial charge < -0.3 is 10.5 Å². The molecule has 0 fully saturated rings. The zero-order valence-corrected chi connectivity index (χ0v) is 10.5. The van der Waals surface area contributed by atoms with E-state index in [1.165, 1.54) is 31.3 Å². The molecule has 1 aromatic rings. The lowest BCUT2D eigenvalue weighted by Gasteiger charge is -2.18. The van der Waals surface area contributed by atoms with E-state index in [0.717, 1.165) is 17.7 Å². The molecular weight excluding hydrogens is 210 g/mol. The Morgan fingerprint density at radius 1 is 1.35 bits per heavy atom. The number of hydrogen-bond donors (Lipinski definition) is 1. The van der Waals surface area contributed by atoms with Crippen LogP contribution < -0.4 is 10.5 Å². The van der Waals surface area contributed by atoms with Gasteiger partial charge in [0.1, 0.15) is 5.75 Å². The molecule has 2 nitrogen and oxygen atoms in total. The maximum absolute atomic E-state index is 6.25. The Morgan fingerprint density at radius 2 is 2.24 bits per heavy atom. The molecule has 2 rings (SSSR count). The number of benzene rings is 1. The zero-order chi connectivity index (χ0) is 12.1. The van der Waals surface area contributed by atoms with Crippen molar-refractivity contribution in [2.75, 3.05) is 7.11 Å². The molecule has 1 aliphatic rings. The van der Waals surface area contributed by atoms with E-state index in [1.54, 1.807) is 7.11 Å². The highest BCUT2D eigenvalue weighted by Crippen LogP contribution is 2.27. The van der Waals surface area contributed by atoms with Crippen LogP contribution in [0.1, 0.15) is 43.7 Å². The van der Waals surface area contributed by atoms with Gasteiger partial charge in [0.05, 0.1) is 7.11 Å². The van der Waals surface area contributed by atoms with Crippen LogP contribution in [0, 0.1) is 0 Å². The van der Waals surface area contributed by atoms with Crippen LogP contribution in [0.3, 0.4) is 0 Å². The van der Waals surface area contributed by atoms with Crippen LogP contribution in [0.25, 0.3) is 0 Å². The standard InChI is InChI=1S/C15H21NO/c1-17-14-9-5-8-13(11-14)15(16)10-12-6-3-2-4-7-12/h5-6,8-9,11,15H,2-4,7,10,16H2,1H3. The SMILES string of the molecule is COc1cccc(C(N)CC2=CCCCC2)c1. The molecule has 17 heavy (non-hydrogen) atoms. The second kappa shape index (κ2) is 5.87. The van der Waals surface area contributed by atoms with E-state index in [1.807, 2.05) is 18.2 Å². The largest absolute Gasteiger partial charge is 0.497 e. The molecule has 1 aromatic carbocycles. The van der Waals surface area contributed by atoms with E-state index in [9.17, 15) is 0 Å². The van der Waals surface area contributed by atoms with Crippen LogP contribution in [-0.2, 0) is 0 Å². The third kappa shape index (κ3) is 3.34. The minimum absolute atomic E-state index is 0.0921. The number of allylic oxidation sites excluding steroid dienone is 1. The molecule has 2 N–H and O–H groups in total. The summed E-state index contributed by atoms with van der Waals surface area (Å²) in [5.74, 6) is 0.885. The van der Waals surface area contributed by atoms with Gasteiger partial charge in [-0.3, -0.25) is 0 Å². The number of ether oxygens (including phenoxy) is 1. The zero-order valence-electron chi connectivity index (χ0n) is 10.5. The Hall–Kier alpha value is -1.28. The van der Waals surface area contributed by atoms with E-state index in [4.69, 9.17) is 10.5 Å². The molecular formula is C15H21NO.